The normalized spacial score (nSPS) is 11.0. The van der Waals surface area contributed by atoms with E-state index in [2.05, 4.69) is 4.98 Å². The summed E-state index contributed by atoms with van der Waals surface area (Å²) in [6.07, 6.45) is -2.28. The van der Waals surface area contributed by atoms with E-state index in [1.807, 2.05) is 0 Å². The molecule has 3 aromatic rings. The summed E-state index contributed by atoms with van der Waals surface area (Å²) < 4.78 is 42.2. The molecule has 0 amide bonds. The topological polar surface area (TPSA) is 64.7 Å². The Balaban J connectivity index is 1.93. The van der Waals surface area contributed by atoms with Gasteiger partial charge in [0.2, 0.25) is 0 Å². The average Bonchev–Trinajstić information content (AvgIpc) is 3.14. The first-order valence-electron chi connectivity index (χ1n) is 8.39. The van der Waals surface area contributed by atoms with Crippen LogP contribution in [0.4, 0.5) is 8.78 Å². The maximum atomic E-state index is 13.1. The van der Waals surface area contributed by atoms with E-state index in [1.165, 1.54) is 0 Å². The number of ether oxygens (including phenoxy) is 2. The van der Waals surface area contributed by atoms with Crippen molar-refractivity contribution in [2.75, 3.05) is 20.3 Å². The molecule has 1 aromatic heterocycles. The molecule has 5 nitrogen and oxygen atoms in total. The molecule has 1 N–H and O–H groups in total. The van der Waals surface area contributed by atoms with Crippen molar-refractivity contribution < 1.29 is 27.8 Å². The lowest BCUT2D eigenvalue weighted by Crippen LogP contribution is -1.99. The highest BCUT2D eigenvalue weighted by Crippen LogP contribution is 2.36. The van der Waals surface area contributed by atoms with Crippen LogP contribution in [0.2, 0.25) is 0 Å². The quantitative estimate of drug-likeness (QED) is 0.578. The zero-order valence-corrected chi connectivity index (χ0v) is 14.7. The molecule has 27 heavy (non-hydrogen) atoms. The van der Waals surface area contributed by atoms with Gasteiger partial charge in [-0.2, -0.15) is 8.78 Å². The molecule has 0 fully saturated rings. The minimum Gasteiger partial charge on any atom is -0.497 e. The van der Waals surface area contributed by atoms with Crippen molar-refractivity contribution in [3.05, 3.63) is 54.4 Å². The third kappa shape index (κ3) is 4.43. The van der Waals surface area contributed by atoms with Crippen LogP contribution in [0.3, 0.4) is 0 Å². The zero-order chi connectivity index (χ0) is 19.2. The molecule has 0 atom stereocenters. The number of benzene rings is 2. The number of alkyl halides is 2. The van der Waals surface area contributed by atoms with Gasteiger partial charge in [0, 0.05) is 24.2 Å². The van der Waals surface area contributed by atoms with Gasteiger partial charge in [0.15, 0.2) is 5.76 Å². The van der Waals surface area contributed by atoms with Gasteiger partial charge >= 0.3 is 6.43 Å². The molecule has 0 aliphatic rings. The van der Waals surface area contributed by atoms with Crippen LogP contribution in [0.5, 0.6) is 11.5 Å². The van der Waals surface area contributed by atoms with Crippen LogP contribution < -0.4 is 9.47 Å². The van der Waals surface area contributed by atoms with Gasteiger partial charge in [0.25, 0.3) is 5.89 Å². The summed E-state index contributed by atoms with van der Waals surface area (Å²) in [4.78, 5) is 3.98. The van der Waals surface area contributed by atoms with Gasteiger partial charge in [0.05, 0.1) is 13.7 Å². The minimum atomic E-state index is -2.81. The third-order valence-electron chi connectivity index (χ3n) is 3.88. The van der Waals surface area contributed by atoms with Crippen molar-refractivity contribution in [3.63, 3.8) is 0 Å². The first-order chi connectivity index (χ1) is 13.1. The number of methoxy groups -OCH3 is 1. The minimum absolute atomic E-state index is 0.0533. The molecular weight excluding hydrogens is 356 g/mol. The second-order valence-corrected chi connectivity index (χ2v) is 5.71. The fourth-order valence-corrected chi connectivity index (χ4v) is 2.53. The molecule has 0 unspecified atom stereocenters. The van der Waals surface area contributed by atoms with Crippen molar-refractivity contribution in [2.45, 2.75) is 12.8 Å². The zero-order valence-electron chi connectivity index (χ0n) is 14.7. The summed E-state index contributed by atoms with van der Waals surface area (Å²) in [7, 11) is 1.55. The van der Waals surface area contributed by atoms with Gasteiger partial charge in [-0.05, 0) is 48.5 Å². The molecule has 3 rings (SSSR count). The van der Waals surface area contributed by atoms with E-state index in [0.29, 0.717) is 41.3 Å². The Morgan fingerprint density at radius 1 is 1.00 bits per heavy atom. The van der Waals surface area contributed by atoms with E-state index < -0.39 is 12.3 Å². The molecule has 7 heteroatoms. The fourth-order valence-electron chi connectivity index (χ4n) is 2.53. The Kier molecular flexibility index (Phi) is 6.03. The lowest BCUT2D eigenvalue weighted by atomic mass is 10.1. The van der Waals surface area contributed by atoms with E-state index in [1.54, 1.807) is 55.6 Å². The van der Waals surface area contributed by atoms with Crippen LogP contribution in [0.1, 0.15) is 18.7 Å². The predicted molar refractivity (Wildman–Crippen MR) is 96.1 cm³/mol. The highest BCUT2D eigenvalue weighted by molar-refractivity contribution is 5.77. The van der Waals surface area contributed by atoms with Crippen molar-refractivity contribution in [3.8, 4) is 34.1 Å². The smallest absolute Gasteiger partial charge is 0.313 e. The summed E-state index contributed by atoms with van der Waals surface area (Å²) in [6.45, 7) is 0.447. The predicted octanol–water partition coefficient (Wildman–Crippen LogP) is 4.72. The van der Waals surface area contributed by atoms with Crippen molar-refractivity contribution in [1.29, 1.82) is 0 Å². The van der Waals surface area contributed by atoms with Crippen LogP contribution in [0.25, 0.3) is 22.6 Å². The fraction of sp³-hybridized carbons (Fsp3) is 0.250. The number of nitrogens with zero attached hydrogens (tertiary/aromatic N) is 1. The van der Waals surface area contributed by atoms with E-state index in [9.17, 15) is 8.78 Å². The van der Waals surface area contributed by atoms with Crippen LogP contribution in [-0.2, 0) is 0 Å². The number of oxazole rings is 1. The molecule has 0 saturated heterocycles. The highest BCUT2D eigenvalue weighted by Gasteiger charge is 2.22. The molecule has 0 bridgehead atoms. The molecule has 0 aliphatic carbocycles. The number of halogens is 2. The van der Waals surface area contributed by atoms with Gasteiger partial charge in [-0.3, -0.25) is 0 Å². The standard InChI is InChI=1S/C20H19F2NO4/c1-25-15-7-3-13(4-8-15)17-18(27-20(23-17)19(21)22)14-5-9-16(10-6-14)26-12-2-11-24/h3-10,19,24H,2,11-12H2,1H3. The Morgan fingerprint density at radius 2 is 1.63 bits per heavy atom. The van der Waals surface area contributed by atoms with E-state index in [0.717, 1.165) is 0 Å². The number of rotatable bonds is 8. The Bertz CT molecular complexity index is 861. The molecule has 2 aromatic carbocycles. The first kappa shape index (κ1) is 18.8. The lowest BCUT2D eigenvalue weighted by molar-refractivity contribution is 0.116. The Labute approximate surface area is 155 Å². The second kappa shape index (κ2) is 8.64. The summed E-state index contributed by atoms with van der Waals surface area (Å²) in [6, 6.07) is 13.8. The number of hydrogen-bond acceptors (Lipinski definition) is 5. The summed E-state index contributed by atoms with van der Waals surface area (Å²) in [5, 5.41) is 8.79. The van der Waals surface area contributed by atoms with E-state index in [-0.39, 0.29) is 12.4 Å². The highest BCUT2D eigenvalue weighted by atomic mass is 19.3. The maximum Gasteiger partial charge on any atom is 0.313 e. The van der Waals surface area contributed by atoms with E-state index >= 15 is 0 Å². The molecule has 0 aliphatic heterocycles. The number of aliphatic hydroxyl groups excluding tert-OH is 1. The van der Waals surface area contributed by atoms with Crippen LogP contribution >= 0.6 is 0 Å². The second-order valence-electron chi connectivity index (χ2n) is 5.71. The SMILES string of the molecule is COc1ccc(-c2nc(C(F)F)oc2-c2ccc(OCCCO)cc2)cc1. The Morgan fingerprint density at radius 3 is 2.22 bits per heavy atom. The number of hydrogen-bond donors (Lipinski definition) is 1. The first-order valence-corrected chi connectivity index (χ1v) is 8.39. The summed E-state index contributed by atoms with van der Waals surface area (Å²) in [5.74, 6) is 0.908. The Hall–Kier alpha value is -2.93. The summed E-state index contributed by atoms with van der Waals surface area (Å²) >= 11 is 0. The van der Waals surface area contributed by atoms with Crippen molar-refractivity contribution in [1.82, 2.24) is 4.98 Å². The van der Waals surface area contributed by atoms with Crippen LogP contribution in [0, 0.1) is 0 Å². The van der Waals surface area contributed by atoms with Crippen molar-refractivity contribution in [2.24, 2.45) is 0 Å². The molecule has 0 radical (unpaired) electrons. The monoisotopic (exact) mass is 375 g/mol. The molecule has 142 valence electrons. The molecular formula is C20H19F2NO4. The molecule has 0 spiro atoms. The van der Waals surface area contributed by atoms with Gasteiger partial charge in [-0.25, -0.2) is 4.98 Å². The van der Waals surface area contributed by atoms with Gasteiger partial charge in [-0.15, -0.1) is 0 Å². The number of aromatic nitrogens is 1. The largest absolute Gasteiger partial charge is 0.497 e. The van der Waals surface area contributed by atoms with Gasteiger partial charge < -0.3 is 19.0 Å². The third-order valence-corrected chi connectivity index (χ3v) is 3.88. The maximum absolute atomic E-state index is 13.1. The van der Waals surface area contributed by atoms with Crippen LogP contribution in [-0.4, -0.2) is 30.4 Å². The lowest BCUT2D eigenvalue weighted by Gasteiger charge is -2.06. The average molecular weight is 375 g/mol. The van der Waals surface area contributed by atoms with Gasteiger partial charge in [-0.1, -0.05) is 0 Å². The van der Waals surface area contributed by atoms with Crippen molar-refractivity contribution >= 4 is 0 Å². The van der Waals surface area contributed by atoms with Gasteiger partial charge in [0.1, 0.15) is 17.2 Å². The van der Waals surface area contributed by atoms with Crippen LogP contribution in [0.15, 0.2) is 52.9 Å². The summed E-state index contributed by atoms with van der Waals surface area (Å²) in [5.41, 5.74) is 1.58. The molecule has 1 heterocycles. The number of aliphatic hydroxyl groups is 1. The van der Waals surface area contributed by atoms with E-state index in [4.69, 9.17) is 19.0 Å². The molecule has 0 saturated carbocycles.